The number of carbonyl (C=O) groups excluding carboxylic acids is 1. The van der Waals surface area contributed by atoms with Crippen LogP contribution in [0, 0.1) is 19.8 Å². The maximum absolute atomic E-state index is 12.5. The number of oxazole rings is 1. The molecule has 1 saturated carbocycles. The molecule has 2 atom stereocenters. The third-order valence-electron chi connectivity index (χ3n) is 5.36. The second-order valence-corrected chi connectivity index (χ2v) is 9.92. The number of aryl methyl sites for hydroxylation is 2. The molecule has 0 unspecified atom stereocenters. The van der Waals surface area contributed by atoms with Gasteiger partial charge in [-0.2, -0.15) is 0 Å². The van der Waals surface area contributed by atoms with E-state index in [2.05, 4.69) is 17.2 Å². The summed E-state index contributed by atoms with van der Waals surface area (Å²) in [7, 11) is -3.63. The van der Waals surface area contributed by atoms with Gasteiger partial charge >= 0.3 is 0 Å². The fourth-order valence-electron chi connectivity index (χ4n) is 3.62. The molecule has 1 N–H and O–H groups in total. The molecule has 1 aliphatic carbocycles. The molecule has 1 heterocycles. The molecule has 0 aliphatic heterocycles. The van der Waals surface area contributed by atoms with E-state index in [9.17, 15) is 13.2 Å². The maximum atomic E-state index is 12.5. The molecule has 1 aromatic carbocycles. The predicted octanol–water partition coefficient (Wildman–Crippen LogP) is 3.57. The number of nitrogens with one attached hydrogen (secondary N) is 1. The van der Waals surface area contributed by atoms with E-state index in [4.69, 9.17) is 4.42 Å². The molecule has 7 heteroatoms. The Morgan fingerprint density at radius 1 is 1.18 bits per heavy atom. The molecule has 3 rings (SSSR count). The maximum Gasteiger partial charge on any atom is 0.235 e. The number of sulfone groups is 1. The summed E-state index contributed by atoms with van der Waals surface area (Å²) in [5.41, 5.74) is 2.27. The first kappa shape index (κ1) is 20.6. The number of carbonyl (C=O) groups is 1. The molecule has 152 valence electrons. The molecule has 1 amide bonds. The smallest absolute Gasteiger partial charge is 0.235 e. The molecule has 1 aromatic heterocycles. The number of nitrogens with zero attached hydrogens (tertiary/aromatic N) is 1. The molecule has 1 aliphatic rings. The molecule has 0 radical (unpaired) electrons. The quantitative estimate of drug-likeness (QED) is 0.795. The Morgan fingerprint density at radius 3 is 2.54 bits per heavy atom. The Kier molecular flexibility index (Phi) is 6.23. The van der Waals surface area contributed by atoms with Crippen molar-refractivity contribution in [1.29, 1.82) is 0 Å². The second-order valence-electron chi connectivity index (χ2n) is 7.86. The lowest BCUT2D eigenvalue weighted by atomic mass is 9.86. The summed E-state index contributed by atoms with van der Waals surface area (Å²) >= 11 is 0. The van der Waals surface area contributed by atoms with E-state index in [-0.39, 0.29) is 11.8 Å². The highest BCUT2D eigenvalue weighted by molar-refractivity contribution is 7.91. The molecule has 0 saturated heterocycles. The van der Waals surface area contributed by atoms with Crippen LogP contribution in [0.15, 0.2) is 28.7 Å². The zero-order chi connectivity index (χ0) is 20.3. The van der Waals surface area contributed by atoms with E-state index >= 15 is 0 Å². The van der Waals surface area contributed by atoms with Crippen molar-refractivity contribution in [3.05, 3.63) is 41.3 Å². The van der Waals surface area contributed by atoms with Crippen molar-refractivity contribution >= 4 is 15.7 Å². The topological polar surface area (TPSA) is 89.3 Å². The SMILES string of the molecule is Cc1ccc(-c2nc(CS(=O)(=O)CC(=O)N[C@H]3CCCC[C@@H]3C)c(C)o2)cc1. The summed E-state index contributed by atoms with van der Waals surface area (Å²) in [5, 5.41) is 2.90. The predicted molar refractivity (Wildman–Crippen MR) is 108 cm³/mol. The molecule has 1 fully saturated rings. The van der Waals surface area contributed by atoms with Gasteiger partial charge in [0.25, 0.3) is 0 Å². The number of hydrogen-bond donors (Lipinski definition) is 1. The van der Waals surface area contributed by atoms with Crippen LogP contribution in [-0.4, -0.2) is 31.1 Å². The van der Waals surface area contributed by atoms with E-state index in [1.807, 2.05) is 31.2 Å². The minimum atomic E-state index is -3.63. The lowest BCUT2D eigenvalue weighted by Crippen LogP contribution is -2.43. The molecule has 2 aromatic rings. The van der Waals surface area contributed by atoms with E-state index in [0.717, 1.165) is 30.4 Å². The highest BCUT2D eigenvalue weighted by Crippen LogP contribution is 2.25. The fraction of sp³-hybridized carbons (Fsp3) is 0.524. The first-order chi connectivity index (χ1) is 13.2. The molecule has 6 nitrogen and oxygen atoms in total. The van der Waals surface area contributed by atoms with Crippen LogP contribution in [0.5, 0.6) is 0 Å². The van der Waals surface area contributed by atoms with Crippen LogP contribution in [0.25, 0.3) is 11.5 Å². The number of amides is 1. The number of benzene rings is 1. The summed E-state index contributed by atoms with van der Waals surface area (Å²) in [5.74, 6) is -0.0259. The summed E-state index contributed by atoms with van der Waals surface area (Å²) in [4.78, 5) is 16.6. The zero-order valence-electron chi connectivity index (χ0n) is 16.7. The first-order valence-corrected chi connectivity index (χ1v) is 11.6. The largest absolute Gasteiger partial charge is 0.441 e. The molecular formula is C21H28N2O4S. The number of aromatic nitrogens is 1. The van der Waals surface area contributed by atoms with Gasteiger partial charge in [0.15, 0.2) is 9.84 Å². The van der Waals surface area contributed by atoms with E-state index in [1.165, 1.54) is 6.42 Å². The van der Waals surface area contributed by atoms with Crippen LogP contribution in [0.1, 0.15) is 49.6 Å². The molecule has 0 bridgehead atoms. The third kappa shape index (κ3) is 5.22. The molecule has 0 spiro atoms. The van der Waals surface area contributed by atoms with Crippen LogP contribution >= 0.6 is 0 Å². The standard InChI is InChI=1S/C21H28N2O4S/c1-14-8-10-17(11-9-14)21-23-19(16(3)27-21)12-28(25,26)13-20(24)22-18-7-5-4-6-15(18)2/h8-11,15,18H,4-7,12-13H2,1-3H3,(H,22,24)/t15-,18-/m0/s1. The zero-order valence-corrected chi connectivity index (χ0v) is 17.5. The van der Waals surface area contributed by atoms with Crippen LogP contribution < -0.4 is 5.32 Å². The minimum absolute atomic E-state index is 0.0679. The Hall–Kier alpha value is -2.15. The Balaban J connectivity index is 1.65. The van der Waals surface area contributed by atoms with Gasteiger partial charge in [-0.3, -0.25) is 4.79 Å². The monoisotopic (exact) mass is 404 g/mol. The van der Waals surface area contributed by atoms with E-state index in [1.54, 1.807) is 6.92 Å². The van der Waals surface area contributed by atoms with E-state index in [0.29, 0.717) is 23.3 Å². The van der Waals surface area contributed by atoms with Gasteiger partial charge in [0.05, 0.1) is 11.4 Å². The van der Waals surface area contributed by atoms with Gasteiger partial charge in [-0.1, -0.05) is 37.5 Å². The number of rotatable bonds is 6. The van der Waals surface area contributed by atoms with Crippen LogP contribution in [0.4, 0.5) is 0 Å². The Morgan fingerprint density at radius 2 is 1.86 bits per heavy atom. The minimum Gasteiger partial charge on any atom is -0.441 e. The summed E-state index contributed by atoms with van der Waals surface area (Å²) < 4.78 is 30.7. The van der Waals surface area contributed by atoms with Gasteiger partial charge < -0.3 is 9.73 Å². The van der Waals surface area contributed by atoms with Crippen molar-refractivity contribution < 1.29 is 17.6 Å². The van der Waals surface area contributed by atoms with Gasteiger partial charge in [0, 0.05) is 11.6 Å². The van der Waals surface area contributed by atoms with Gasteiger partial charge in [0.1, 0.15) is 11.5 Å². The summed E-state index contributed by atoms with van der Waals surface area (Å²) in [6.45, 7) is 5.78. The highest BCUT2D eigenvalue weighted by atomic mass is 32.2. The fourth-order valence-corrected chi connectivity index (χ4v) is 4.89. The van der Waals surface area contributed by atoms with E-state index < -0.39 is 21.5 Å². The van der Waals surface area contributed by atoms with Crippen molar-refractivity contribution in [2.75, 3.05) is 5.75 Å². The second kappa shape index (κ2) is 8.47. The third-order valence-corrected chi connectivity index (χ3v) is 6.77. The van der Waals surface area contributed by atoms with Crippen molar-refractivity contribution in [2.45, 2.75) is 58.2 Å². The normalized spacial score (nSPS) is 20.1. The van der Waals surface area contributed by atoms with Crippen molar-refractivity contribution in [3.63, 3.8) is 0 Å². The lowest BCUT2D eigenvalue weighted by Gasteiger charge is -2.29. The summed E-state index contributed by atoms with van der Waals surface area (Å²) in [6, 6.07) is 7.73. The Bertz CT molecular complexity index is 932. The van der Waals surface area contributed by atoms with Gasteiger partial charge in [-0.15, -0.1) is 0 Å². The lowest BCUT2D eigenvalue weighted by molar-refractivity contribution is -0.119. The van der Waals surface area contributed by atoms with Crippen molar-refractivity contribution in [2.24, 2.45) is 5.92 Å². The van der Waals surface area contributed by atoms with Gasteiger partial charge in [-0.25, -0.2) is 13.4 Å². The van der Waals surface area contributed by atoms with Gasteiger partial charge in [0.2, 0.25) is 11.8 Å². The van der Waals surface area contributed by atoms with Crippen LogP contribution in [0.3, 0.4) is 0 Å². The first-order valence-electron chi connectivity index (χ1n) is 9.76. The van der Waals surface area contributed by atoms with Crippen molar-refractivity contribution in [1.82, 2.24) is 10.3 Å². The van der Waals surface area contributed by atoms with Crippen molar-refractivity contribution in [3.8, 4) is 11.5 Å². The average Bonchev–Trinajstić information content (AvgIpc) is 2.97. The van der Waals surface area contributed by atoms with Crippen LogP contribution in [0.2, 0.25) is 0 Å². The summed E-state index contributed by atoms with van der Waals surface area (Å²) in [6.07, 6.45) is 4.22. The average molecular weight is 405 g/mol. The van der Waals surface area contributed by atoms with Crippen LogP contribution in [-0.2, 0) is 20.4 Å². The molecular weight excluding hydrogens is 376 g/mol. The number of hydrogen-bond acceptors (Lipinski definition) is 5. The highest BCUT2D eigenvalue weighted by Gasteiger charge is 2.26. The Labute approximate surface area is 166 Å². The molecule has 28 heavy (non-hydrogen) atoms. The van der Waals surface area contributed by atoms with Gasteiger partial charge in [-0.05, 0) is 44.7 Å².